The summed E-state index contributed by atoms with van der Waals surface area (Å²) in [6, 6.07) is 23.7. The minimum atomic E-state index is -0.00848. The van der Waals surface area contributed by atoms with E-state index in [4.69, 9.17) is 4.74 Å². The van der Waals surface area contributed by atoms with Gasteiger partial charge < -0.3 is 10.1 Å². The number of hydrogen-bond acceptors (Lipinski definition) is 3. The van der Waals surface area contributed by atoms with Crippen LogP contribution in [-0.4, -0.2) is 18.0 Å². The van der Waals surface area contributed by atoms with E-state index in [2.05, 4.69) is 22.4 Å². The molecular formula is C22H22N2O2. The molecular weight excluding hydrogens is 324 g/mol. The van der Waals surface area contributed by atoms with Crippen molar-refractivity contribution >= 4 is 5.91 Å². The van der Waals surface area contributed by atoms with Crippen molar-refractivity contribution in [3.63, 3.8) is 0 Å². The largest absolute Gasteiger partial charge is 0.497 e. The predicted molar refractivity (Wildman–Crippen MR) is 102 cm³/mol. The maximum absolute atomic E-state index is 12.5. The Morgan fingerprint density at radius 1 is 0.962 bits per heavy atom. The number of rotatable bonds is 7. The van der Waals surface area contributed by atoms with Gasteiger partial charge in [0.15, 0.2) is 0 Å². The van der Waals surface area contributed by atoms with Crippen LogP contribution in [0.3, 0.4) is 0 Å². The molecule has 1 heterocycles. The van der Waals surface area contributed by atoms with Gasteiger partial charge in [0.05, 0.1) is 19.3 Å². The zero-order valence-electron chi connectivity index (χ0n) is 14.8. The van der Waals surface area contributed by atoms with Gasteiger partial charge in [0.2, 0.25) is 5.91 Å². The molecule has 0 saturated heterocycles. The van der Waals surface area contributed by atoms with Crippen molar-refractivity contribution in [3.8, 4) is 5.75 Å². The van der Waals surface area contributed by atoms with Crippen LogP contribution in [0.4, 0.5) is 0 Å². The SMILES string of the molecule is COc1ccc([C@H](CC(=O)NCc2ccccn2)c2ccccc2)cc1. The Labute approximate surface area is 153 Å². The number of ether oxygens (including phenoxy) is 1. The van der Waals surface area contributed by atoms with Crippen LogP contribution in [0.25, 0.3) is 0 Å². The molecule has 3 rings (SSSR count). The molecule has 0 unspecified atom stereocenters. The van der Waals surface area contributed by atoms with Crippen molar-refractivity contribution in [1.82, 2.24) is 10.3 Å². The minimum absolute atomic E-state index is 0.000300. The lowest BCUT2D eigenvalue weighted by molar-refractivity contribution is -0.121. The number of benzene rings is 2. The number of amides is 1. The summed E-state index contributed by atoms with van der Waals surface area (Å²) < 4.78 is 5.24. The van der Waals surface area contributed by atoms with Crippen molar-refractivity contribution in [1.29, 1.82) is 0 Å². The van der Waals surface area contributed by atoms with Crippen LogP contribution < -0.4 is 10.1 Å². The zero-order chi connectivity index (χ0) is 18.2. The Kier molecular flexibility index (Phi) is 5.99. The summed E-state index contributed by atoms with van der Waals surface area (Å²) in [6.07, 6.45) is 2.11. The molecule has 0 radical (unpaired) electrons. The number of aromatic nitrogens is 1. The van der Waals surface area contributed by atoms with Gasteiger partial charge in [-0.3, -0.25) is 9.78 Å². The molecule has 0 saturated carbocycles. The van der Waals surface area contributed by atoms with Crippen molar-refractivity contribution in [2.75, 3.05) is 7.11 Å². The maximum atomic E-state index is 12.5. The fourth-order valence-electron chi connectivity index (χ4n) is 2.90. The van der Waals surface area contributed by atoms with Crippen LogP contribution >= 0.6 is 0 Å². The summed E-state index contributed by atoms with van der Waals surface area (Å²) in [5.74, 6) is 0.798. The van der Waals surface area contributed by atoms with Gasteiger partial charge in [-0.15, -0.1) is 0 Å². The monoisotopic (exact) mass is 346 g/mol. The molecule has 0 spiro atoms. The van der Waals surface area contributed by atoms with Gasteiger partial charge in [0.1, 0.15) is 5.75 Å². The van der Waals surface area contributed by atoms with E-state index in [1.165, 1.54) is 0 Å². The van der Waals surface area contributed by atoms with E-state index >= 15 is 0 Å². The maximum Gasteiger partial charge on any atom is 0.221 e. The number of carbonyl (C=O) groups excluding carboxylic acids is 1. The molecule has 0 aliphatic rings. The first-order valence-electron chi connectivity index (χ1n) is 8.62. The molecule has 3 aromatic rings. The van der Waals surface area contributed by atoms with Gasteiger partial charge in [-0.2, -0.15) is 0 Å². The molecule has 1 atom stereocenters. The van der Waals surface area contributed by atoms with Gasteiger partial charge >= 0.3 is 0 Å². The summed E-state index contributed by atoms with van der Waals surface area (Å²) >= 11 is 0. The standard InChI is InChI=1S/C22H22N2O2/c1-26-20-12-10-18(11-13-20)21(17-7-3-2-4-8-17)15-22(25)24-16-19-9-5-6-14-23-19/h2-14,21H,15-16H2,1H3,(H,24,25)/t21-/m1/s1. The summed E-state index contributed by atoms with van der Waals surface area (Å²) in [4.78, 5) is 16.8. The van der Waals surface area contributed by atoms with Gasteiger partial charge in [-0.1, -0.05) is 48.5 Å². The van der Waals surface area contributed by atoms with Crippen molar-refractivity contribution in [2.45, 2.75) is 18.9 Å². The molecule has 2 aromatic carbocycles. The number of methoxy groups -OCH3 is 1. The Bertz CT molecular complexity index is 818. The summed E-state index contributed by atoms with van der Waals surface area (Å²) in [6.45, 7) is 0.434. The lowest BCUT2D eigenvalue weighted by Gasteiger charge is -2.18. The van der Waals surface area contributed by atoms with E-state index in [1.807, 2.05) is 60.7 Å². The summed E-state index contributed by atoms with van der Waals surface area (Å²) in [5, 5.41) is 2.97. The Balaban J connectivity index is 1.74. The predicted octanol–water partition coefficient (Wildman–Crippen LogP) is 3.93. The highest BCUT2D eigenvalue weighted by molar-refractivity contribution is 5.77. The average molecular weight is 346 g/mol. The van der Waals surface area contributed by atoms with Crippen LogP contribution in [-0.2, 0) is 11.3 Å². The van der Waals surface area contributed by atoms with Crippen molar-refractivity contribution in [2.24, 2.45) is 0 Å². The first-order chi connectivity index (χ1) is 12.8. The molecule has 132 valence electrons. The van der Waals surface area contributed by atoms with Crippen LogP contribution in [0.15, 0.2) is 79.0 Å². The molecule has 1 amide bonds. The molecule has 0 bridgehead atoms. The van der Waals surface area contributed by atoms with Crippen LogP contribution in [0.1, 0.15) is 29.2 Å². The first-order valence-corrected chi connectivity index (χ1v) is 8.62. The Hall–Kier alpha value is -3.14. The highest BCUT2D eigenvalue weighted by atomic mass is 16.5. The topological polar surface area (TPSA) is 51.2 Å². The number of nitrogens with zero attached hydrogens (tertiary/aromatic N) is 1. The van der Waals surface area contributed by atoms with E-state index in [0.29, 0.717) is 13.0 Å². The van der Waals surface area contributed by atoms with Crippen molar-refractivity contribution < 1.29 is 9.53 Å². The molecule has 0 aliphatic carbocycles. The Morgan fingerprint density at radius 2 is 1.65 bits per heavy atom. The average Bonchev–Trinajstić information content (AvgIpc) is 2.72. The van der Waals surface area contributed by atoms with Crippen LogP contribution in [0.5, 0.6) is 5.75 Å². The second-order valence-corrected chi connectivity index (χ2v) is 6.04. The molecule has 1 N–H and O–H groups in total. The lowest BCUT2D eigenvalue weighted by Crippen LogP contribution is -2.25. The number of carbonyl (C=O) groups is 1. The van der Waals surface area contributed by atoms with Crippen LogP contribution in [0, 0.1) is 0 Å². The molecule has 1 aromatic heterocycles. The van der Waals surface area contributed by atoms with Crippen molar-refractivity contribution in [3.05, 3.63) is 95.8 Å². The fourth-order valence-corrected chi connectivity index (χ4v) is 2.90. The number of hydrogen-bond donors (Lipinski definition) is 1. The zero-order valence-corrected chi connectivity index (χ0v) is 14.8. The first kappa shape index (κ1) is 17.7. The smallest absolute Gasteiger partial charge is 0.221 e. The molecule has 0 aliphatic heterocycles. The number of pyridine rings is 1. The second-order valence-electron chi connectivity index (χ2n) is 6.04. The van der Waals surface area contributed by atoms with Gasteiger partial charge in [-0.25, -0.2) is 0 Å². The third kappa shape index (κ3) is 4.70. The number of nitrogens with one attached hydrogen (secondary N) is 1. The third-order valence-corrected chi connectivity index (χ3v) is 4.30. The van der Waals surface area contributed by atoms with E-state index < -0.39 is 0 Å². The van der Waals surface area contributed by atoms with E-state index in [1.54, 1.807) is 13.3 Å². The van der Waals surface area contributed by atoms with Gasteiger partial charge in [-0.05, 0) is 35.4 Å². The van der Waals surface area contributed by atoms with Crippen LogP contribution in [0.2, 0.25) is 0 Å². The quantitative estimate of drug-likeness (QED) is 0.705. The molecule has 4 heteroatoms. The molecule has 0 fully saturated rings. The summed E-state index contributed by atoms with van der Waals surface area (Å²) in [5.41, 5.74) is 3.05. The lowest BCUT2D eigenvalue weighted by atomic mass is 9.88. The molecule has 26 heavy (non-hydrogen) atoms. The highest BCUT2D eigenvalue weighted by Crippen LogP contribution is 2.29. The van der Waals surface area contributed by atoms with E-state index in [0.717, 1.165) is 22.6 Å². The Morgan fingerprint density at radius 3 is 2.31 bits per heavy atom. The fraction of sp³-hybridized carbons (Fsp3) is 0.182. The minimum Gasteiger partial charge on any atom is -0.497 e. The normalized spacial score (nSPS) is 11.6. The van der Waals surface area contributed by atoms with Gasteiger partial charge in [0.25, 0.3) is 0 Å². The van der Waals surface area contributed by atoms with E-state index in [-0.39, 0.29) is 11.8 Å². The summed E-state index contributed by atoms with van der Waals surface area (Å²) in [7, 11) is 1.65. The highest BCUT2D eigenvalue weighted by Gasteiger charge is 2.18. The van der Waals surface area contributed by atoms with Gasteiger partial charge in [0, 0.05) is 18.5 Å². The third-order valence-electron chi connectivity index (χ3n) is 4.30. The second kappa shape index (κ2) is 8.81. The molecule has 4 nitrogen and oxygen atoms in total. The van der Waals surface area contributed by atoms with E-state index in [9.17, 15) is 4.79 Å².